The molecule has 13 heteroatoms. The lowest BCUT2D eigenvalue weighted by atomic mass is 10.1. The Kier molecular flexibility index (Phi) is 6.84. The van der Waals surface area contributed by atoms with Crippen LogP contribution >= 0.6 is 23.4 Å². The zero-order chi connectivity index (χ0) is 26.5. The van der Waals surface area contributed by atoms with Gasteiger partial charge in [-0.25, -0.2) is 9.59 Å². The van der Waals surface area contributed by atoms with Crippen LogP contribution in [0.5, 0.6) is 5.88 Å². The van der Waals surface area contributed by atoms with E-state index in [1.54, 1.807) is 24.4 Å². The number of nitrogens with one attached hydrogen (secondary N) is 1. The van der Waals surface area contributed by atoms with Crippen molar-refractivity contribution >= 4 is 40.4 Å². The second-order valence-electron chi connectivity index (χ2n) is 9.17. The topological polar surface area (TPSA) is 89.4 Å². The van der Waals surface area contributed by atoms with Gasteiger partial charge in [-0.1, -0.05) is 17.7 Å². The number of carbonyl (C=O) groups excluding carboxylic acids is 1. The van der Waals surface area contributed by atoms with Crippen molar-refractivity contribution in [2.45, 2.75) is 49.5 Å². The number of benzene rings is 1. The number of piperazine rings is 1. The number of aromatic nitrogens is 3. The second-order valence-corrected chi connectivity index (χ2v) is 10.6. The third-order valence-electron chi connectivity index (χ3n) is 6.59. The molecule has 1 amide bonds. The van der Waals surface area contributed by atoms with Crippen molar-refractivity contribution in [2.75, 3.05) is 18.8 Å². The summed E-state index contributed by atoms with van der Waals surface area (Å²) >= 11 is 7.41. The zero-order valence-corrected chi connectivity index (χ0v) is 21.5. The Morgan fingerprint density at radius 2 is 1.97 bits per heavy atom. The minimum absolute atomic E-state index is 0.0885. The van der Waals surface area contributed by atoms with Crippen LogP contribution in [0.1, 0.15) is 31.0 Å². The number of ether oxygens (including phenoxy) is 1. The first-order valence-electron chi connectivity index (χ1n) is 11.6. The van der Waals surface area contributed by atoms with Crippen LogP contribution in [0.25, 0.3) is 10.9 Å². The lowest BCUT2D eigenvalue weighted by Crippen LogP contribution is -2.58. The van der Waals surface area contributed by atoms with E-state index in [4.69, 9.17) is 16.3 Å². The maximum Gasteiger partial charge on any atom is 0.417 e. The Bertz CT molecular complexity index is 1410. The van der Waals surface area contributed by atoms with Gasteiger partial charge in [0.05, 0.1) is 26.4 Å². The smallest absolute Gasteiger partial charge is 0.390 e. The summed E-state index contributed by atoms with van der Waals surface area (Å²) in [5.41, 5.74) is -0.997. The van der Waals surface area contributed by atoms with Gasteiger partial charge in [0.1, 0.15) is 0 Å². The van der Waals surface area contributed by atoms with Crippen LogP contribution in [-0.2, 0) is 12.7 Å². The van der Waals surface area contributed by atoms with Crippen molar-refractivity contribution in [1.29, 1.82) is 0 Å². The molecule has 8 nitrogen and oxygen atoms in total. The fourth-order valence-electron chi connectivity index (χ4n) is 4.82. The molecule has 0 bridgehead atoms. The number of thioether (sulfide) groups is 1. The van der Waals surface area contributed by atoms with E-state index in [1.807, 2.05) is 13.8 Å². The molecule has 3 atom stereocenters. The van der Waals surface area contributed by atoms with E-state index in [0.29, 0.717) is 24.5 Å². The van der Waals surface area contributed by atoms with Crippen LogP contribution in [0.2, 0.25) is 5.02 Å². The summed E-state index contributed by atoms with van der Waals surface area (Å²) in [5.74, 6) is -0.429. The molecule has 2 aliphatic rings. The van der Waals surface area contributed by atoms with E-state index in [0.717, 1.165) is 17.8 Å². The lowest BCUT2D eigenvalue weighted by molar-refractivity contribution is -0.137. The van der Waals surface area contributed by atoms with E-state index in [2.05, 4.69) is 15.3 Å². The normalized spacial score (nSPS) is 22.1. The first-order valence-corrected chi connectivity index (χ1v) is 13.0. The quantitative estimate of drug-likeness (QED) is 0.498. The highest BCUT2D eigenvalue weighted by molar-refractivity contribution is 7.99. The van der Waals surface area contributed by atoms with Gasteiger partial charge >= 0.3 is 18.0 Å². The van der Waals surface area contributed by atoms with Crippen molar-refractivity contribution in [1.82, 2.24) is 24.8 Å². The molecule has 0 radical (unpaired) electrons. The van der Waals surface area contributed by atoms with Gasteiger partial charge in [0.25, 0.3) is 0 Å². The number of halogens is 4. The Morgan fingerprint density at radius 3 is 2.62 bits per heavy atom. The summed E-state index contributed by atoms with van der Waals surface area (Å²) in [4.78, 5) is 36.2. The molecule has 4 heterocycles. The van der Waals surface area contributed by atoms with E-state index >= 15 is 0 Å². The van der Waals surface area contributed by atoms with Crippen molar-refractivity contribution in [3.05, 3.63) is 57.2 Å². The predicted molar refractivity (Wildman–Crippen MR) is 133 cm³/mol. The van der Waals surface area contributed by atoms with Crippen molar-refractivity contribution in [3.8, 4) is 5.88 Å². The molecule has 37 heavy (non-hydrogen) atoms. The fraction of sp³-hybridized carbons (Fsp3) is 0.417. The molecule has 2 aromatic heterocycles. The van der Waals surface area contributed by atoms with Crippen molar-refractivity contribution < 1.29 is 22.7 Å². The van der Waals surface area contributed by atoms with Gasteiger partial charge in [-0.3, -0.25) is 14.5 Å². The molecule has 0 spiro atoms. The Hall–Kier alpha value is -2.83. The van der Waals surface area contributed by atoms with Gasteiger partial charge in [-0.05, 0) is 32.0 Å². The van der Waals surface area contributed by atoms with Gasteiger partial charge < -0.3 is 10.1 Å². The molecule has 0 saturated carbocycles. The average Bonchev–Trinajstić information content (AvgIpc) is 3.04. The van der Waals surface area contributed by atoms with Gasteiger partial charge in [0.15, 0.2) is 0 Å². The van der Waals surface area contributed by atoms with Crippen molar-refractivity contribution in [2.24, 2.45) is 0 Å². The minimum Gasteiger partial charge on any atom is -0.390 e. The summed E-state index contributed by atoms with van der Waals surface area (Å²) in [6.07, 6.45) is -3.95. The van der Waals surface area contributed by atoms with E-state index in [-0.39, 0.29) is 40.3 Å². The summed E-state index contributed by atoms with van der Waals surface area (Å²) in [7, 11) is 0. The standard InChI is InChI=1S/C24H23ClF3N5O3S/c1-12-8-29-9-13(2)33(12)23(35)36-21-15-7-16(24(26,27)28)18(25)20-19(15)32(22(34)31-21)10-14(11-37-20)17-5-3-4-6-30-17/h3-7,12-14,29H,8-11H2,1-2H3/t12?,13?,14-/m1/s1. The fourth-order valence-corrected chi connectivity index (χ4v) is 6.48. The molecule has 1 aromatic carbocycles. The van der Waals surface area contributed by atoms with Gasteiger partial charge in [-0.2, -0.15) is 18.2 Å². The van der Waals surface area contributed by atoms with Gasteiger partial charge in [0, 0.05) is 55.3 Å². The number of hydrogen-bond acceptors (Lipinski definition) is 7. The largest absolute Gasteiger partial charge is 0.417 e. The van der Waals surface area contributed by atoms with Crippen LogP contribution in [-0.4, -0.2) is 56.5 Å². The average molecular weight is 554 g/mol. The second kappa shape index (κ2) is 9.80. The highest BCUT2D eigenvalue weighted by Crippen LogP contribution is 2.47. The summed E-state index contributed by atoms with van der Waals surface area (Å²) < 4.78 is 48.8. The predicted octanol–water partition coefficient (Wildman–Crippen LogP) is 4.53. The van der Waals surface area contributed by atoms with Crippen LogP contribution in [0.4, 0.5) is 18.0 Å². The third-order valence-corrected chi connectivity index (χ3v) is 8.35. The maximum atomic E-state index is 14.0. The minimum atomic E-state index is -4.78. The Morgan fingerprint density at radius 1 is 1.24 bits per heavy atom. The van der Waals surface area contributed by atoms with Gasteiger partial charge in [-0.15, -0.1) is 11.8 Å². The number of pyridine rings is 1. The summed E-state index contributed by atoms with van der Waals surface area (Å²) in [6.45, 7) is 4.83. The number of hydrogen-bond donors (Lipinski definition) is 1. The van der Waals surface area contributed by atoms with Crippen LogP contribution < -0.4 is 15.7 Å². The molecule has 2 unspecified atom stereocenters. The Balaban J connectivity index is 1.67. The first kappa shape index (κ1) is 25.8. The number of carbonyl (C=O) groups is 1. The third kappa shape index (κ3) is 4.77. The van der Waals surface area contributed by atoms with E-state index in [9.17, 15) is 22.8 Å². The number of nitrogens with zero attached hydrogens (tertiary/aromatic N) is 4. The monoisotopic (exact) mass is 553 g/mol. The van der Waals surface area contributed by atoms with Crippen LogP contribution in [0.3, 0.4) is 0 Å². The highest BCUT2D eigenvalue weighted by atomic mass is 35.5. The Labute approximate surface area is 219 Å². The first-order chi connectivity index (χ1) is 17.6. The molecule has 3 aromatic rings. The van der Waals surface area contributed by atoms with E-state index < -0.39 is 34.4 Å². The molecule has 2 aliphatic heterocycles. The molecule has 1 saturated heterocycles. The number of amides is 1. The maximum absolute atomic E-state index is 14.0. The number of rotatable bonds is 2. The molecule has 196 valence electrons. The molecular weight excluding hydrogens is 531 g/mol. The summed E-state index contributed by atoms with van der Waals surface area (Å²) in [6, 6.07) is 5.71. The molecule has 0 aliphatic carbocycles. The highest BCUT2D eigenvalue weighted by Gasteiger charge is 2.38. The van der Waals surface area contributed by atoms with E-state index in [1.165, 1.54) is 9.47 Å². The molecule has 1 N–H and O–H groups in total. The van der Waals surface area contributed by atoms with Crippen molar-refractivity contribution in [3.63, 3.8) is 0 Å². The molecule has 5 rings (SSSR count). The number of alkyl halides is 3. The molecular formula is C24H23ClF3N5O3S. The zero-order valence-electron chi connectivity index (χ0n) is 19.9. The summed E-state index contributed by atoms with van der Waals surface area (Å²) in [5, 5.41) is 2.58. The SMILES string of the molecule is CC1CNCC(C)N1C(=O)Oc1nc(=O)n2c3c(c(Cl)c(C(F)(F)F)cc13)SC[C@H](c1ccccn1)C2. The van der Waals surface area contributed by atoms with Crippen LogP contribution in [0.15, 0.2) is 40.2 Å². The van der Waals surface area contributed by atoms with Gasteiger partial charge in [0.2, 0.25) is 5.88 Å². The lowest BCUT2D eigenvalue weighted by Gasteiger charge is -2.38. The van der Waals surface area contributed by atoms with Crippen LogP contribution in [0, 0.1) is 0 Å². The molecule has 1 fully saturated rings.